The van der Waals surface area contributed by atoms with Gasteiger partial charge in [0.15, 0.2) is 0 Å². The molecule has 132 valence electrons. The van der Waals surface area contributed by atoms with Gasteiger partial charge in [0.2, 0.25) is 0 Å². The van der Waals surface area contributed by atoms with E-state index < -0.39 is 17.5 Å². The summed E-state index contributed by atoms with van der Waals surface area (Å²) in [5, 5.41) is 4.39. The van der Waals surface area contributed by atoms with Crippen LogP contribution < -0.4 is 4.74 Å². The van der Waals surface area contributed by atoms with Gasteiger partial charge in [-0.15, -0.1) is 0 Å². The van der Waals surface area contributed by atoms with E-state index in [1.807, 2.05) is 79.7 Å². The summed E-state index contributed by atoms with van der Waals surface area (Å²) in [7, 11) is 0. The highest BCUT2D eigenvalue weighted by molar-refractivity contribution is 6.11. The lowest BCUT2D eigenvalue weighted by Gasteiger charge is -2.26. The summed E-state index contributed by atoms with van der Waals surface area (Å²) in [4.78, 5) is 19.0. The molecule has 4 heteroatoms. The third-order valence-corrected chi connectivity index (χ3v) is 5.24. The lowest BCUT2D eigenvalue weighted by atomic mass is 9.74. The normalized spacial score (nSPS) is 22.9. The van der Waals surface area contributed by atoms with E-state index in [0.717, 1.165) is 28.0 Å². The van der Waals surface area contributed by atoms with Gasteiger partial charge in [-0.2, -0.15) is 0 Å². The van der Waals surface area contributed by atoms with Crippen LogP contribution in [0.5, 0.6) is 5.75 Å². The summed E-state index contributed by atoms with van der Waals surface area (Å²) in [6.07, 6.45) is 0. The van der Waals surface area contributed by atoms with Crippen molar-refractivity contribution in [3.63, 3.8) is 0 Å². The summed E-state index contributed by atoms with van der Waals surface area (Å²) < 4.78 is 5.56. The molecule has 0 saturated carbocycles. The van der Waals surface area contributed by atoms with E-state index in [2.05, 4.69) is 5.16 Å². The van der Waals surface area contributed by atoms with E-state index in [1.165, 1.54) is 0 Å². The maximum atomic E-state index is 13.0. The molecule has 2 atom stereocenters. The maximum Gasteiger partial charge on any atom is 0.364 e. The van der Waals surface area contributed by atoms with Gasteiger partial charge in [0.05, 0.1) is 17.2 Å². The van der Waals surface area contributed by atoms with Gasteiger partial charge in [-0.3, -0.25) is 0 Å². The number of rotatable bonds is 2. The fourth-order valence-electron chi connectivity index (χ4n) is 3.91. The predicted octanol–water partition coefficient (Wildman–Crippen LogP) is 4.33. The van der Waals surface area contributed by atoms with Gasteiger partial charge in [0.25, 0.3) is 5.60 Å². The van der Waals surface area contributed by atoms with E-state index in [9.17, 15) is 4.79 Å². The fourth-order valence-corrected chi connectivity index (χ4v) is 3.91. The van der Waals surface area contributed by atoms with Crippen LogP contribution in [0.25, 0.3) is 0 Å². The zero-order valence-corrected chi connectivity index (χ0v) is 14.8. The van der Waals surface area contributed by atoms with Gasteiger partial charge in [-0.25, -0.2) is 4.79 Å². The van der Waals surface area contributed by atoms with Crippen LogP contribution in [0.3, 0.4) is 0 Å². The van der Waals surface area contributed by atoms with Gasteiger partial charge in [0.1, 0.15) is 5.75 Å². The number of benzene rings is 3. The first-order valence-electron chi connectivity index (χ1n) is 8.90. The number of oxime groups is 1. The van der Waals surface area contributed by atoms with Crippen molar-refractivity contribution in [3.8, 4) is 5.75 Å². The molecule has 1 spiro atoms. The molecule has 0 unspecified atom stereocenters. The van der Waals surface area contributed by atoms with Crippen LogP contribution in [-0.2, 0) is 15.2 Å². The Labute approximate surface area is 157 Å². The van der Waals surface area contributed by atoms with Crippen LogP contribution in [0.15, 0.2) is 84.0 Å². The molecule has 2 aliphatic heterocycles. The largest absolute Gasteiger partial charge is 0.423 e. The zero-order chi connectivity index (χ0) is 18.4. The van der Waals surface area contributed by atoms with E-state index >= 15 is 0 Å². The molecule has 0 aromatic heterocycles. The smallest absolute Gasteiger partial charge is 0.364 e. The molecule has 27 heavy (non-hydrogen) atoms. The van der Waals surface area contributed by atoms with Crippen molar-refractivity contribution < 1.29 is 14.4 Å². The molecule has 0 N–H and O–H groups in total. The number of carbonyl (C=O) groups excluding carboxylic acids is 1. The standard InChI is InChI=1S/C23H17NO3/c1-15-11-13-17(14-12-15)21-20(16-7-3-2-4-8-16)23(27-24-21)18-9-5-6-10-19(18)26-22(23)25/h2-14,20H,1H3/t20-,23+/m1/s1. The quantitative estimate of drug-likeness (QED) is 0.508. The Kier molecular flexibility index (Phi) is 3.41. The lowest BCUT2D eigenvalue weighted by Crippen LogP contribution is -2.41. The number of hydrogen-bond donors (Lipinski definition) is 0. The van der Waals surface area contributed by atoms with Crippen molar-refractivity contribution in [1.82, 2.24) is 0 Å². The topological polar surface area (TPSA) is 47.9 Å². The Morgan fingerprint density at radius 1 is 0.889 bits per heavy atom. The number of hydrogen-bond acceptors (Lipinski definition) is 4. The van der Waals surface area contributed by atoms with Crippen LogP contribution >= 0.6 is 0 Å². The Balaban J connectivity index is 1.72. The van der Waals surface area contributed by atoms with Crippen molar-refractivity contribution in [2.45, 2.75) is 18.4 Å². The van der Waals surface area contributed by atoms with Gasteiger partial charge >= 0.3 is 5.97 Å². The van der Waals surface area contributed by atoms with Gasteiger partial charge in [-0.1, -0.05) is 83.5 Å². The highest BCUT2D eigenvalue weighted by atomic mass is 16.7. The molecule has 0 saturated heterocycles. The van der Waals surface area contributed by atoms with Gasteiger partial charge in [-0.05, 0) is 18.6 Å². The third kappa shape index (κ3) is 2.23. The molecule has 0 amide bonds. The minimum absolute atomic E-state index is 0.391. The summed E-state index contributed by atoms with van der Waals surface area (Å²) >= 11 is 0. The summed E-state index contributed by atoms with van der Waals surface area (Å²) in [5.74, 6) is -0.287. The number of fused-ring (bicyclic) bond motifs is 2. The molecule has 3 aromatic rings. The second-order valence-electron chi connectivity index (χ2n) is 6.90. The Morgan fingerprint density at radius 3 is 2.37 bits per heavy atom. The molecule has 3 aromatic carbocycles. The number of carbonyl (C=O) groups is 1. The number of esters is 1. The van der Waals surface area contributed by atoms with Crippen molar-refractivity contribution >= 4 is 11.7 Å². The molecule has 0 fully saturated rings. The molecule has 2 aliphatic rings. The van der Waals surface area contributed by atoms with Crippen LogP contribution in [0.1, 0.15) is 28.2 Å². The molecule has 4 nitrogen and oxygen atoms in total. The average Bonchev–Trinajstić information content (AvgIpc) is 3.23. The number of nitrogens with zero attached hydrogens (tertiary/aromatic N) is 1. The highest BCUT2D eigenvalue weighted by Crippen LogP contribution is 2.53. The minimum Gasteiger partial charge on any atom is -0.423 e. The maximum absolute atomic E-state index is 13.0. The van der Waals surface area contributed by atoms with E-state index in [0.29, 0.717) is 5.75 Å². The predicted molar refractivity (Wildman–Crippen MR) is 102 cm³/mol. The Bertz CT molecular complexity index is 1060. The summed E-state index contributed by atoms with van der Waals surface area (Å²) in [6.45, 7) is 2.04. The number of ether oxygens (including phenoxy) is 1. The molecule has 2 heterocycles. The van der Waals surface area contributed by atoms with Crippen LogP contribution in [-0.4, -0.2) is 11.7 Å². The SMILES string of the molecule is Cc1ccc(C2=NO[C@]3(C(=O)Oc4ccccc43)[C@@H]2c2ccccc2)cc1. The lowest BCUT2D eigenvalue weighted by molar-refractivity contribution is -0.157. The van der Waals surface area contributed by atoms with Crippen LogP contribution in [0, 0.1) is 6.92 Å². The van der Waals surface area contributed by atoms with E-state index in [4.69, 9.17) is 9.57 Å². The van der Waals surface area contributed by atoms with Gasteiger partial charge < -0.3 is 9.57 Å². The molecular formula is C23H17NO3. The first-order valence-corrected chi connectivity index (χ1v) is 8.90. The molecule has 5 rings (SSSR count). The fraction of sp³-hybridized carbons (Fsp3) is 0.130. The van der Waals surface area contributed by atoms with Crippen molar-refractivity contribution in [2.75, 3.05) is 0 Å². The molecule has 0 aliphatic carbocycles. The zero-order valence-electron chi connectivity index (χ0n) is 14.8. The molecule has 0 bridgehead atoms. The molecular weight excluding hydrogens is 338 g/mol. The average molecular weight is 355 g/mol. The van der Waals surface area contributed by atoms with Crippen molar-refractivity contribution in [2.24, 2.45) is 5.16 Å². The van der Waals surface area contributed by atoms with Crippen LogP contribution in [0.4, 0.5) is 0 Å². The summed E-state index contributed by atoms with van der Waals surface area (Å²) in [5.41, 5.74) is 3.21. The molecule has 0 radical (unpaired) electrons. The summed E-state index contributed by atoms with van der Waals surface area (Å²) in [6, 6.07) is 25.4. The monoisotopic (exact) mass is 355 g/mol. The Morgan fingerprint density at radius 2 is 1.59 bits per heavy atom. The van der Waals surface area contributed by atoms with E-state index in [1.54, 1.807) is 6.07 Å². The second kappa shape index (κ2) is 5.81. The van der Waals surface area contributed by atoms with Crippen LogP contribution in [0.2, 0.25) is 0 Å². The highest BCUT2D eigenvalue weighted by Gasteiger charge is 2.63. The first-order chi connectivity index (χ1) is 13.2. The van der Waals surface area contributed by atoms with Crippen molar-refractivity contribution in [1.29, 1.82) is 0 Å². The minimum atomic E-state index is -1.29. The first kappa shape index (κ1) is 15.8. The van der Waals surface area contributed by atoms with Crippen molar-refractivity contribution in [3.05, 3.63) is 101 Å². The van der Waals surface area contributed by atoms with Gasteiger partial charge in [0, 0.05) is 5.56 Å². The van der Waals surface area contributed by atoms with E-state index in [-0.39, 0.29) is 0 Å². The second-order valence-corrected chi connectivity index (χ2v) is 6.90. The number of aryl methyl sites for hydroxylation is 1. The third-order valence-electron chi connectivity index (χ3n) is 5.24. The number of para-hydroxylation sites is 1. The Hall–Kier alpha value is -3.40.